The minimum Gasteiger partial charge on any atom is -0.392 e. The van der Waals surface area contributed by atoms with Crippen LogP contribution >= 0.6 is 0 Å². The molecule has 0 spiro atoms. The van der Waals surface area contributed by atoms with Gasteiger partial charge in [0.1, 0.15) is 5.82 Å². The monoisotopic (exact) mass is 457 g/mol. The van der Waals surface area contributed by atoms with Crippen molar-refractivity contribution in [3.8, 4) is 11.4 Å². The molecule has 2 aromatic carbocycles. The zero-order valence-electron chi connectivity index (χ0n) is 18.2. The Morgan fingerprint density at radius 3 is 2.68 bits per heavy atom. The lowest BCUT2D eigenvalue weighted by Gasteiger charge is -2.19. The third kappa shape index (κ3) is 5.25. The highest BCUT2D eigenvalue weighted by molar-refractivity contribution is 5.97. The van der Waals surface area contributed by atoms with Gasteiger partial charge in [-0.25, -0.2) is 9.78 Å². The van der Waals surface area contributed by atoms with Gasteiger partial charge in [0.2, 0.25) is 0 Å². The van der Waals surface area contributed by atoms with Crippen LogP contribution in [0.2, 0.25) is 0 Å². The predicted octanol–water partition coefficient (Wildman–Crippen LogP) is 2.37. The van der Waals surface area contributed by atoms with E-state index in [0.717, 1.165) is 5.56 Å². The van der Waals surface area contributed by atoms with Gasteiger partial charge < -0.3 is 16.2 Å². The highest BCUT2D eigenvalue weighted by Gasteiger charge is 2.18. The quantitative estimate of drug-likeness (QED) is 0.319. The first-order chi connectivity index (χ1) is 16.5. The summed E-state index contributed by atoms with van der Waals surface area (Å²) < 4.78 is 0. The highest BCUT2D eigenvalue weighted by Crippen LogP contribution is 2.21. The number of rotatable bonds is 8. The fraction of sp³-hybridized carbons (Fsp3) is 0.125. The van der Waals surface area contributed by atoms with E-state index in [2.05, 4.69) is 25.5 Å². The van der Waals surface area contributed by atoms with E-state index in [1.165, 1.54) is 11.1 Å². The Morgan fingerprint density at radius 1 is 1.09 bits per heavy atom. The molecule has 0 aliphatic carbocycles. The number of pyridine rings is 1. The minimum absolute atomic E-state index is 0.0109. The Bertz CT molecular complexity index is 1290. The van der Waals surface area contributed by atoms with E-state index < -0.39 is 6.03 Å². The summed E-state index contributed by atoms with van der Waals surface area (Å²) in [5.74, 6) is 0.472. The molecule has 0 saturated heterocycles. The van der Waals surface area contributed by atoms with Crippen molar-refractivity contribution in [1.29, 1.82) is 0 Å². The average molecular weight is 457 g/mol. The number of aliphatic hydroxyl groups excluding tert-OH is 1. The number of carbonyl (C=O) groups excluding carboxylic acids is 2. The zero-order chi connectivity index (χ0) is 23.9. The zero-order valence-corrected chi connectivity index (χ0v) is 18.2. The van der Waals surface area contributed by atoms with Crippen molar-refractivity contribution in [2.24, 2.45) is 5.73 Å². The number of carbonyl (C=O) groups is 2. The van der Waals surface area contributed by atoms with Crippen LogP contribution in [0.5, 0.6) is 0 Å². The molecule has 0 saturated carbocycles. The number of benzene rings is 2. The lowest BCUT2D eigenvalue weighted by Crippen LogP contribution is -2.35. The molecule has 3 amide bonds. The number of aromatic amines is 1. The van der Waals surface area contributed by atoms with Crippen LogP contribution in [0.25, 0.3) is 11.4 Å². The van der Waals surface area contributed by atoms with E-state index in [4.69, 9.17) is 5.73 Å². The molecule has 5 N–H and O–H groups in total. The standard InChI is InChI=1S/C24H23N7O3/c25-24(34)31(14-21-28-22(30-29-21)20-9-10-26-13-18(20)15-32)19-8-4-7-17(11-19)23(33)27-12-16-5-2-1-3-6-16/h1-11,13,32H,12,14-15H2,(H2,25,34)(H,27,33)(H,28,29,30). The molecule has 34 heavy (non-hydrogen) atoms. The third-order valence-corrected chi connectivity index (χ3v) is 5.14. The van der Waals surface area contributed by atoms with Gasteiger partial charge in [-0.2, -0.15) is 5.10 Å². The van der Waals surface area contributed by atoms with Gasteiger partial charge in [0.15, 0.2) is 5.82 Å². The van der Waals surface area contributed by atoms with Crippen LogP contribution < -0.4 is 16.0 Å². The summed E-state index contributed by atoms with van der Waals surface area (Å²) in [5, 5.41) is 19.4. The number of primary amides is 1. The van der Waals surface area contributed by atoms with Crippen molar-refractivity contribution >= 4 is 17.6 Å². The van der Waals surface area contributed by atoms with Crippen LogP contribution in [0.1, 0.15) is 27.3 Å². The normalized spacial score (nSPS) is 10.6. The Labute approximate surface area is 195 Å². The topological polar surface area (TPSA) is 150 Å². The second-order valence-electron chi connectivity index (χ2n) is 7.44. The second kappa shape index (κ2) is 10.4. The molecule has 0 atom stereocenters. The number of amides is 3. The second-order valence-corrected chi connectivity index (χ2v) is 7.44. The largest absolute Gasteiger partial charge is 0.392 e. The van der Waals surface area contributed by atoms with E-state index >= 15 is 0 Å². The number of hydrogen-bond acceptors (Lipinski definition) is 6. The van der Waals surface area contributed by atoms with Gasteiger partial charge >= 0.3 is 6.03 Å². The minimum atomic E-state index is -0.709. The lowest BCUT2D eigenvalue weighted by molar-refractivity contribution is 0.0951. The Hall–Kier alpha value is -4.57. The molecule has 0 bridgehead atoms. The van der Waals surface area contributed by atoms with Crippen molar-refractivity contribution in [2.75, 3.05) is 4.90 Å². The third-order valence-electron chi connectivity index (χ3n) is 5.14. The Balaban J connectivity index is 1.50. The number of nitrogens with two attached hydrogens (primary N) is 1. The van der Waals surface area contributed by atoms with Gasteiger partial charge in [-0.1, -0.05) is 36.4 Å². The molecule has 4 rings (SSSR count). The first-order valence-electron chi connectivity index (χ1n) is 10.5. The van der Waals surface area contributed by atoms with Crippen LogP contribution in [0.4, 0.5) is 10.5 Å². The van der Waals surface area contributed by atoms with Crippen LogP contribution in [0.3, 0.4) is 0 Å². The summed E-state index contributed by atoms with van der Waals surface area (Å²) in [6, 6.07) is 17.2. The van der Waals surface area contributed by atoms with Crippen LogP contribution in [-0.4, -0.2) is 37.2 Å². The van der Waals surface area contributed by atoms with E-state index in [1.54, 1.807) is 36.5 Å². The molecule has 4 aromatic rings. The number of aliphatic hydroxyl groups is 1. The number of urea groups is 1. The van der Waals surface area contributed by atoms with Crippen molar-refractivity contribution in [2.45, 2.75) is 19.7 Å². The number of nitrogens with zero attached hydrogens (tertiary/aromatic N) is 4. The molecular formula is C24H23N7O3. The van der Waals surface area contributed by atoms with E-state index in [9.17, 15) is 14.7 Å². The van der Waals surface area contributed by atoms with Gasteiger partial charge in [-0.15, -0.1) is 0 Å². The first-order valence-corrected chi connectivity index (χ1v) is 10.5. The van der Waals surface area contributed by atoms with Gasteiger partial charge in [0.25, 0.3) is 5.91 Å². The fourth-order valence-corrected chi connectivity index (χ4v) is 3.40. The van der Waals surface area contributed by atoms with Crippen molar-refractivity contribution < 1.29 is 14.7 Å². The molecule has 0 fully saturated rings. The van der Waals surface area contributed by atoms with Crippen LogP contribution in [0.15, 0.2) is 73.1 Å². The number of nitrogens with one attached hydrogen (secondary N) is 2. The molecule has 10 heteroatoms. The molecule has 2 heterocycles. The molecule has 0 radical (unpaired) electrons. The lowest BCUT2D eigenvalue weighted by atomic mass is 10.1. The maximum atomic E-state index is 12.6. The van der Waals surface area contributed by atoms with Gasteiger partial charge in [0, 0.05) is 41.3 Å². The van der Waals surface area contributed by atoms with Gasteiger partial charge in [-0.05, 0) is 29.8 Å². The van der Waals surface area contributed by atoms with Crippen LogP contribution in [0, 0.1) is 0 Å². The molecule has 0 aliphatic rings. The SMILES string of the molecule is NC(=O)N(Cc1nc(-c2ccncc2CO)n[nH]1)c1cccc(C(=O)NCc2ccccc2)c1. The van der Waals surface area contributed by atoms with Crippen LogP contribution in [-0.2, 0) is 19.7 Å². The smallest absolute Gasteiger partial charge is 0.319 e. The number of aromatic nitrogens is 4. The van der Waals surface area contributed by atoms with Crippen molar-refractivity contribution in [3.05, 3.63) is 95.6 Å². The molecule has 0 aliphatic heterocycles. The summed E-state index contributed by atoms with van der Waals surface area (Å²) in [4.78, 5) is 34.6. The summed E-state index contributed by atoms with van der Waals surface area (Å²) in [5.41, 5.74) is 8.64. The number of anilines is 1. The summed E-state index contributed by atoms with van der Waals surface area (Å²) in [6.45, 7) is 0.186. The summed E-state index contributed by atoms with van der Waals surface area (Å²) >= 11 is 0. The number of H-pyrrole nitrogens is 1. The molecule has 10 nitrogen and oxygen atoms in total. The summed E-state index contributed by atoms with van der Waals surface area (Å²) in [7, 11) is 0. The van der Waals surface area contributed by atoms with E-state index in [1.807, 2.05) is 30.3 Å². The maximum Gasteiger partial charge on any atom is 0.319 e. The maximum absolute atomic E-state index is 12.6. The average Bonchev–Trinajstić information content (AvgIpc) is 3.35. The van der Waals surface area contributed by atoms with Gasteiger partial charge in [0.05, 0.1) is 13.2 Å². The van der Waals surface area contributed by atoms with E-state index in [-0.39, 0.29) is 19.1 Å². The predicted molar refractivity (Wildman–Crippen MR) is 125 cm³/mol. The summed E-state index contributed by atoms with van der Waals surface area (Å²) in [6.07, 6.45) is 3.12. The fourth-order valence-electron chi connectivity index (χ4n) is 3.40. The van der Waals surface area contributed by atoms with Crippen molar-refractivity contribution in [3.63, 3.8) is 0 Å². The van der Waals surface area contributed by atoms with Crippen molar-refractivity contribution in [1.82, 2.24) is 25.5 Å². The number of hydrogen-bond donors (Lipinski definition) is 4. The molecule has 0 unspecified atom stereocenters. The first kappa shape index (κ1) is 22.6. The molecular weight excluding hydrogens is 434 g/mol. The Morgan fingerprint density at radius 2 is 1.91 bits per heavy atom. The Kier molecular flexibility index (Phi) is 6.89. The highest BCUT2D eigenvalue weighted by atomic mass is 16.3. The molecule has 2 aromatic heterocycles. The van der Waals surface area contributed by atoms with Gasteiger partial charge in [-0.3, -0.25) is 19.8 Å². The molecule has 172 valence electrons. The van der Waals surface area contributed by atoms with E-state index in [0.29, 0.717) is 40.6 Å².